The molecule has 4 heteroatoms. The summed E-state index contributed by atoms with van der Waals surface area (Å²) in [5, 5.41) is 18.4. The number of nitrogens with zero attached hydrogens (tertiary/aromatic N) is 1. The first-order chi connectivity index (χ1) is 9.56. The number of hydrogen-bond acceptors (Lipinski definition) is 3. The topological polar surface area (TPSA) is 60.8 Å². The molecule has 0 saturated carbocycles. The summed E-state index contributed by atoms with van der Waals surface area (Å²) >= 11 is 0. The molecule has 1 aromatic rings. The third-order valence-electron chi connectivity index (χ3n) is 4.21. The monoisotopic (exact) mass is 277 g/mol. The molecule has 2 rings (SSSR count). The SMILES string of the molecule is CC(CCc1ccc(O)cc1)N1CCCC(C(=O)O)C1. The number of aromatic hydroxyl groups is 1. The molecule has 1 fully saturated rings. The predicted octanol–water partition coefficient (Wildman–Crippen LogP) is 2.51. The summed E-state index contributed by atoms with van der Waals surface area (Å²) in [5.41, 5.74) is 1.21. The maximum Gasteiger partial charge on any atom is 0.307 e. The van der Waals surface area contributed by atoms with E-state index in [0.29, 0.717) is 18.3 Å². The first-order valence-corrected chi connectivity index (χ1v) is 7.31. The fourth-order valence-electron chi connectivity index (χ4n) is 2.83. The predicted molar refractivity (Wildman–Crippen MR) is 77.8 cm³/mol. The molecular weight excluding hydrogens is 254 g/mol. The number of likely N-dealkylation sites (tertiary alicyclic amines) is 1. The summed E-state index contributed by atoms with van der Waals surface area (Å²) in [6.45, 7) is 3.84. The van der Waals surface area contributed by atoms with E-state index >= 15 is 0 Å². The van der Waals surface area contributed by atoms with Crippen molar-refractivity contribution in [2.24, 2.45) is 5.92 Å². The summed E-state index contributed by atoms with van der Waals surface area (Å²) in [6, 6.07) is 7.70. The van der Waals surface area contributed by atoms with Crippen molar-refractivity contribution in [1.82, 2.24) is 4.90 Å². The van der Waals surface area contributed by atoms with E-state index in [4.69, 9.17) is 5.11 Å². The van der Waals surface area contributed by atoms with E-state index in [1.54, 1.807) is 12.1 Å². The van der Waals surface area contributed by atoms with Gasteiger partial charge < -0.3 is 10.2 Å². The zero-order valence-electron chi connectivity index (χ0n) is 12.0. The smallest absolute Gasteiger partial charge is 0.307 e. The van der Waals surface area contributed by atoms with Crippen LogP contribution in [0, 0.1) is 5.92 Å². The van der Waals surface area contributed by atoms with Crippen LogP contribution >= 0.6 is 0 Å². The van der Waals surface area contributed by atoms with Crippen LogP contribution < -0.4 is 0 Å². The van der Waals surface area contributed by atoms with Gasteiger partial charge in [-0.1, -0.05) is 12.1 Å². The Hall–Kier alpha value is -1.55. The molecular formula is C16H23NO3. The lowest BCUT2D eigenvalue weighted by Gasteiger charge is -2.35. The number of carboxylic acids is 1. The van der Waals surface area contributed by atoms with Crippen LogP contribution in [0.3, 0.4) is 0 Å². The minimum Gasteiger partial charge on any atom is -0.508 e. The average molecular weight is 277 g/mol. The van der Waals surface area contributed by atoms with Gasteiger partial charge in [-0.15, -0.1) is 0 Å². The summed E-state index contributed by atoms with van der Waals surface area (Å²) in [5.74, 6) is -0.581. The van der Waals surface area contributed by atoms with Gasteiger partial charge in [0.2, 0.25) is 0 Å². The highest BCUT2D eigenvalue weighted by atomic mass is 16.4. The van der Waals surface area contributed by atoms with Crippen LogP contribution in [-0.2, 0) is 11.2 Å². The number of benzene rings is 1. The second kappa shape index (κ2) is 6.75. The van der Waals surface area contributed by atoms with Crippen molar-refractivity contribution in [3.63, 3.8) is 0 Å². The average Bonchev–Trinajstić information content (AvgIpc) is 2.46. The lowest BCUT2D eigenvalue weighted by molar-refractivity contribution is -0.143. The van der Waals surface area contributed by atoms with Crippen molar-refractivity contribution < 1.29 is 15.0 Å². The number of carboxylic acid groups (broad SMARTS) is 1. The number of phenolic OH excluding ortho intramolecular Hbond substituents is 1. The van der Waals surface area contributed by atoms with E-state index in [9.17, 15) is 9.90 Å². The lowest BCUT2D eigenvalue weighted by atomic mass is 9.95. The molecule has 2 N–H and O–H groups in total. The lowest BCUT2D eigenvalue weighted by Crippen LogP contribution is -2.43. The number of aliphatic carboxylic acids is 1. The van der Waals surface area contributed by atoms with Crippen LogP contribution in [0.4, 0.5) is 0 Å². The zero-order valence-corrected chi connectivity index (χ0v) is 12.0. The Bertz CT molecular complexity index is 444. The molecule has 0 aromatic heterocycles. The van der Waals surface area contributed by atoms with Gasteiger partial charge in [-0.05, 0) is 56.8 Å². The third kappa shape index (κ3) is 3.97. The molecule has 4 nitrogen and oxygen atoms in total. The van der Waals surface area contributed by atoms with Crippen LogP contribution in [0.2, 0.25) is 0 Å². The highest BCUT2D eigenvalue weighted by Gasteiger charge is 2.27. The van der Waals surface area contributed by atoms with E-state index in [-0.39, 0.29) is 5.92 Å². The normalized spacial score (nSPS) is 21.6. The molecule has 2 unspecified atom stereocenters. The Morgan fingerprint density at radius 3 is 2.75 bits per heavy atom. The van der Waals surface area contributed by atoms with Gasteiger partial charge >= 0.3 is 5.97 Å². The molecule has 1 aliphatic heterocycles. The van der Waals surface area contributed by atoms with E-state index < -0.39 is 5.97 Å². The van der Waals surface area contributed by atoms with Gasteiger partial charge in [-0.3, -0.25) is 9.69 Å². The highest BCUT2D eigenvalue weighted by Crippen LogP contribution is 2.21. The fourth-order valence-corrected chi connectivity index (χ4v) is 2.83. The Balaban J connectivity index is 1.83. The number of phenols is 1. The second-order valence-electron chi connectivity index (χ2n) is 5.73. The Morgan fingerprint density at radius 1 is 1.40 bits per heavy atom. The Labute approximate surface area is 120 Å². The maximum absolute atomic E-state index is 11.1. The summed E-state index contributed by atoms with van der Waals surface area (Å²) in [6.07, 6.45) is 3.74. The van der Waals surface area contributed by atoms with E-state index in [1.165, 1.54) is 5.56 Å². The van der Waals surface area contributed by atoms with E-state index in [0.717, 1.165) is 32.2 Å². The molecule has 2 atom stereocenters. The maximum atomic E-state index is 11.1. The molecule has 0 radical (unpaired) electrons. The Morgan fingerprint density at radius 2 is 2.10 bits per heavy atom. The number of aryl methyl sites for hydroxylation is 1. The summed E-state index contributed by atoms with van der Waals surface area (Å²) < 4.78 is 0. The molecule has 110 valence electrons. The van der Waals surface area contributed by atoms with Gasteiger partial charge in [0.25, 0.3) is 0 Å². The van der Waals surface area contributed by atoms with Crippen LogP contribution in [-0.4, -0.2) is 40.2 Å². The first-order valence-electron chi connectivity index (χ1n) is 7.31. The van der Waals surface area contributed by atoms with Gasteiger partial charge in [-0.25, -0.2) is 0 Å². The molecule has 0 aliphatic carbocycles. The summed E-state index contributed by atoms with van der Waals surface area (Å²) in [7, 11) is 0. The quantitative estimate of drug-likeness (QED) is 0.868. The van der Waals surface area contributed by atoms with Crippen molar-refractivity contribution in [2.45, 2.75) is 38.6 Å². The summed E-state index contributed by atoms with van der Waals surface area (Å²) in [4.78, 5) is 13.4. The molecule has 0 bridgehead atoms. The van der Waals surface area contributed by atoms with Crippen molar-refractivity contribution in [1.29, 1.82) is 0 Å². The molecule has 1 aromatic carbocycles. The molecule has 1 saturated heterocycles. The number of carbonyl (C=O) groups is 1. The van der Waals surface area contributed by atoms with Crippen molar-refractivity contribution in [2.75, 3.05) is 13.1 Å². The molecule has 20 heavy (non-hydrogen) atoms. The standard InChI is InChI=1S/C16H23NO3/c1-12(4-5-13-6-8-15(18)9-7-13)17-10-2-3-14(11-17)16(19)20/h6-9,12,14,18H,2-5,10-11H2,1H3,(H,19,20). The minimum atomic E-state index is -0.666. The van der Waals surface area contributed by atoms with Gasteiger partial charge in [0.1, 0.15) is 5.75 Å². The second-order valence-corrected chi connectivity index (χ2v) is 5.73. The van der Waals surface area contributed by atoms with Crippen molar-refractivity contribution in [3.05, 3.63) is 29.8 Å². The Kier molecular flexibility index (Phi) is 5.01. The number of hydrogen-bond donors (Lipinski definition) is 2. The molecule has 0 spiro atoms. The molecule has 0 amide bonds. The van der Waals surface area contributed by atoms with Gasteiger partial charge in [-0.2, -0.15) is 0 Å². The largest absolute Gasteiger partial charge is 0.508 e. The van der Waals surface area contributed by atoms with Crippen LogP contribution in [0.1, 0.15) is 31.7 Å². The zero-order chi connectivity index (χ0) is 14.5. The minimum absolute atomic E-state index is 0.208. The van der Waals surface area contributed by atoms with Crippen molar-refractivity contribution >= 4 is 5.97 Å². The first kappa shape index (κ1) is 14.9. The van der Waals surface area contributed by atoms with Gasteiger partial charge in [0, 0.05) is 12.6 Å². The van der Waals surface area contributed by atoms with Crippen LogP contribution in [0.15, 0.2) is 24.3 Å². The third-order valence-corrected chi connectivity index (χ3v) is 4.21. The number of piperidine rings is 1. The van der Waals surface area contributed by atoms with Gasteiger partial charge in [0.15, 0.2) is 0 Å². The van der Waals surface area contributed by atoms with E-state index in [1.807, 2.05) is 12.1 Å². The molecule has 1 heterocycles. The number of rotatable bonds is 5. The van der Waals surface area contributed by atoms with Crippen LogP contribution in [0.5, 0.6) is 5.75 Å². The fraction of sp³-hybridized carbons (Fsp3) is 0.562. The highest BCUT2D eigenvalue weighted by molar-refractivity contribution is 5.70. The molecule has 1 aliphatic rings. The van der Waals surface area contributed by atoms with Gasteiger partial charge in [0.05, 0.1) is 5.92 Å². The van der Waals surface area contributed by atoms with Crippen molar-refractivity contribution in [3.8, 4) is 5.75 Å². The van der Waals surface area contributed by atoms with Crippen LogP contribution in [0.25, 0.3) is 0 Å². The van der Waals surface area contributed by atoms with E-state index in [2.05, 4.69) is 11.8 Å².